The summed E-state index contributed by atoms with van der Waals surface area (Å²) in [5.74, 6) is 0.934. The average molecular weight is 248 g/mol. The van der Waals surface area contributed by atoms with Crippen molar-refractivity contribution in [3.05, 3.63) is 24.3 Å². The standard InChI is InChI=1S/C15H24N2O/c1-18-15-9-4-8-14(12-15)17(11-5-10-16)13-6-2-3-7-13/h4,8-9,12-13H,2-3,5-7,10-11,16H2,1H3. The summed E-state index contributed by atoms with van der Waals surface area (Å²) in [4.78, 5) is 2.52. The molecule has 2 N–H and O–H groups in total. The van der Waals surface area contributed by atoms with Gasteiger partial charge in [-0.05, 0) is 37.9 Å². The summed E-state index contributed by atoms with van der Waals surface area (Å²) >= 11 is 0. The van der Waals surface area contributed by atoms with Crippen LogP contribution in [0, 0.1) is 0 Å². The van der Waals surface area contributed by atoms with E-state index in [2.05, 4.69) is 23.1 Å². The Hall–Kier alpha value is -1.22. The molecule has 0 heterocycles. The first-order valence-electron chi connectivity index (χ1n) is 6.96. The minimum atomic E-state index is 0.684. The third-order valence-corrected chi connectivity index (χ3v) is 3.75. The first-order valence-corrected chi connectivity index (χ1v) is 6.96. The molecule has 0 atom stereocenters. The molecule has 1 aromatic rings. The third-order valence-electron chi connectivity index (χ3n) is 3.75. The maximum atomic E-state index is 5.66. The highest BCUT2D eigenvalue weighted by atomic mass is 16.5. The van der Waals surface area contributed by atoms with Crippen LogP contribution >= 0.6 is 0 Å². The van der Waals surface area contributed by atoms with Gasteiger partial charge < -0.3 is 15.4 Å². The van der Waals surface area contributed by atoms with E-state index in [9.17, 15) is 0 Å². The molecule has 1 aliphatic rings. The Labute approximate surface area is 110 Å². The fourth-order valence-corrected chi connectivity index (χ4v) is 2.79. The molecule has 0 bridgehead atoms. The van der Waals surface area contributed by atoms with Crippen LogP contribution in [0.5, 0.6) is 5.75 Å². The molecule has 3 nitrogen and oxygen atoms in total. The highest BCUT2D eigenvalue weighted by molar-refractivity contribution is 5.51. The van der Waals surface area contributed by atoms with Crippen molar-refractivity contribution >= 4 is 5.69 Å². The largest absolute Gasteiger partial charge is 0.497 e. The van der Waals surface area contributed by atoms with E-state index in [0.717, 1.165) is 25.3 Å². The highest BCUT2D eigenvalue weighted by Crippen LogP contribution is 2.30. The molecule has 18 heavy (non-hydrogen) atoms. The predicted molar refractivity (Wildman–Crippen MR) is 76.3 cm³/mol. The van der Waals surface area contributed by atoms with E-state index < -0.39 is 0 Å². The summed E-state index contributed by atoms with van der Waals surface area (Å²) in [6.45, 7) is 1.81. The molecule has 0 radical (unpaired) electrons. The molecule has 0 unspecified atom stereocenters. The Kier molecular flexibility index (Phi) is 4.88. The second-order valence-electron chi connectivity index (χ2n) is 4.98. The molecule has 0 aromatic heterocycles. The minimum absolute atomic E-state index is 0.684. The number of hydrogen-bond acceptors (Lipinski definition) is 3. The van der Waals surface area contributed by atoms with E-state index in [0.29, 0.717) is 6.04 Å². The zero-order valence-electron chi connectivity index (χ0n) is 11.3. The fraction of sp³-hybridized carbons (Fsp3) is 0.600. The lowest BCUT2D eigenvalue weighted by Gasteiger charge is -2.31. The van der Waals surface area contributed by atoms with Crippen molar-refractivity contribution in [1.82, 2.24) is 0 Å². The van der Waals surface area contributed by atoms with Crippen molar-refractivity contribution < 1.29 is 4.74 Å². The van der Waals surface area contributed by atoms with Gasteiger partial charge in [-0.1, -0.05) is 18.9 Å². The van der Waals surface area contributed by atoms with E-state index in [1.165, 1.54) is 31.4 Å². The Bertz CT molecular complexity index is 361. The van der Waals surface area contributed by atoms with Crippen LogP contribution in [0.4, 0.5) is 5.69 Å². The molecule has 2 rings (SSSR count). The summed E-state index contributed by atoms with van der Waals surface area (Å²) in [5.41, 5.74) is 6.93. The highest BCUT2D eigenvalue weighted by Gasteiger charge is 2.22. The van der Waals surface area contributed by atoms with Gasteiger partial charge in [-0.15, -0.1) is 0 Å². The molecule has 0 aliphatic heterocycles. The zero-order chi connectivity index (χ0) is 12.8. The van der Waals surface area contributed by atoms with Crippen molar-refractivity contribution in [3.63, 3.8) is 0 Å². The van der Waals surface area contributed by atoms with Gasteiger partial charge in [0.05, 0.1) is 7.11 Å². The number of rotatable bonds is 6. The summed E-state index contributed by atoms with van der Waals surface area (Å²) in [6.07, 6.45) is 6.37. The summed E-state index contributed by atoms with van der Waals surface area (Å²) < 4.78 is 5.32. The van der Waals surface area contributed by atoms with Gasteiger partial charge in [0.1, 0.15) is 5.75 Å². The van der Waals surface area contributed by atoms with Gasteiger partial charge in [0.25, 0.3) is 0 Å². The van der Waals surface area contributed by atoms with Crippen LogP contribution in [0.3, 0.4) is 0 Å². The van der Waals surface area contributed by atoms with Crippen molar-refractivity contribution in [2.45, 2.75) is 38.1 Å². The van der Waals surface area contributed by atoms with Gasteiger partial charge in [-0.25, -0.2) is 0 Å². The summed E-state index contributed by atoms with van der Waals surface area (Å²) in [7, 11) is 1.72. The van der Waals surface area contributed by atoms with Gasteiger partial charge in [-0.2, -0.15) is 0 Å². The maximum absolute atomic E-state index is 5.66. The Morgan fingerprint density at radius 1 is 1.33 bits per heavy atom. The average Bonchev–Trinajstić information content (AvgIpc) is 2.93. The second-order valence-corrected chi connectivity index (χ2v) is 4.98. The second kappa shape index (κ2) is 6.64. The number of methoxy groups -OCH3 is 1. The fourth-order valence-electron chi connectivity index (χ4n) is 2.79. The van der Waals surface area contributed by atoms with Crippen LogP contribution in [0.15, 0.2) is 24.3 Å². The Balaban J connectivity index is 2.14. The Morgan fingerprint density at radius 3 is 2.78 bits per heavy atom. The third kappa shape index (κ3) is 3.16. The molecule has 1 aromatic carbocycles. The quantitative estimate of drug-likeness (QED) is 0.841. The molecule has 0 spiro atoms. The summed E-state index contributed by atoms with van der Waals surface area (Å²) in [6, 6.07) is 9.06. The van der Waals surface area contributed by atoms with Crippen LogP contribution in [0.25, 0.3) is 0 Å². The van der Waals surface area contributed by atoms with Gasteiger partial charge in [-0.3, -0.25) is 0 Å². The number of nitrogens with zero attached hydrogens (tertiary/aromatic N) is 1. The normalized spacial score (nSPS) is 15.9. The molecule has 3 heteroatoms. The predicted octanol–water partition coefficient (Wildman–Crippen LogP) is 2.79. The number of hydrogen-bond donors (Lipinski definition) is 1. The van der Waals surface area contributed by atoms with Gasteiger partial charge >= 0.3 is 0 Å². The van der Waals surface area contributed by atoms with Crippen LogP contribution < -0.4 is 15.4 Å². The topological polar surface area (TPSA) is 38.5 Å². The van der Waals surface area contributed by atoms with E-state index in [1.807, 2.05) is 6.07 Å². The number of ether oxygens (including phenoxy) is 1. The molecular weight excluding hydrogens is 224 g/mol. The van der Waals surface area contributed by atoms with E-state index >= 15 is 0 Å². The van der Waals surface area contributed by atoms with E-state index in [-0.39, 0.29) is 0 Å². The van der Waals surface area contributed by atoms with E-state index in [1.54, 1.807) is 7.11 Å². The SMILES string of the molecule is COc1cccc(N(CCCN)C2CCCC2)c1. The molecule has 0 saturated heterocycles. The number of nitrogens with two attached hydrogens (primary N) is 1. The number of anilines is 1. The van der Waals surface area contributed by atoms with Crippen molar-refractivity contribution in [1.29, 1.82) is 0 Å². The lowest BCUT2D eigenvalue weighted by atomic mass is 10.1. The van der Waals surface area contributed by atoms with E-state index in [4.69, 9.17) is 10.5 Å². The molecule has 1 aliphatic carbocycles. The van der Waals surface area contributed by atoms with Crippen molar-refractivity contribution in [2.24, 2.45) is 5.73 Å². The molecule has 0 amide bonds. The van der Waals surface area contributed by atoms with Crippen molar-refractivity contribution in [2.75, 3.05) is 25.1 Å². The maximum Gasteiger partial charge on any atom is 0.120 e. The summed E-state index contributed by atoms with van der Waals surface area (Å²) in [5, 5.41) is 0. The van der Waals surface area contributed by atoms with Gasteiger partial charge in [0, 0.05) is 24.3 Å². The van der Waals surface area contributed by atoms with Gasteiger partial charge in [0.15, 0.2) is 0 Å². The van der Waals surface area contributed by atoms with Crippen LogP contribution in [-0.4, -0.2) is 26.2 Å². The van der Waals surface area contributed by atoms with Crippen molar-refractivity contribution in [3.8, 4) is 5.75 Å². The first kappa shape index (κ1) is 13.2. The smallest absolute Gasteiger partial charge is 0.120 e. The zero-order valence-corrected chi connectivity index (χ0v) is 11.3. The lowest BCUT2D eigenvalue weighted by molar-refractivity contribution is 0.414. The minimum Gasteiger partial charge on any atom is -0.497 e. The lowest BCUT2D eigenvalue weighted by Crippen LogP contribution is -2.35. The molecular formula is C15H24N2O. The number of benzene rings is 1. The van der Waals surface area contributed by atoms with Crippen LogP contribution in [0.1, 0.15) is 32.1 Å². The van der Waals surface area contributed by atoms with Crippen LogP contribution in [-0.2, 0) is 0 Å². The monoisotopic (exact) mass is 248 g/mol. The first-order chi connectivity index (χ1) is 8.85. The van der Waals surface area contributed by atoms with Crippen LogP contribution in [0.2, 0.25) is 0 Å². The molecule has 1 saturated carbocycles. The molecule has 1 fully saturated rings. The molecule has 100 valence electrons. The Morgan fingerprint density at radius 2 is 2.11 bits per heavy atom. The van der Waals surface area contributed by atoms with Gasteiger partial charge in [0.2, 0.25) is 0 Å².